The standard InChI is InChI=1S/C19H20FN5O3/c1-11-4-3-5-16(11)28-19(21)25-14-8-12(6-7-13(14)20)24-18(26)15-9-23-17(27-2)10-22-15/h6-10H,3-5H2,1-2H3,(H2,21,25)(H,24,26). The van der Waals surface area contributed by atoms with E-state index in [2.05, 4.69) is 20.3 Å². The van der Waals surface area contributed by atoms with Crippen molar-refractivity contribution >= 4 is 23.3 Å². The summed E-state index contributed by atoms with van der Waals surface area (Å²) in [5.74, 6) is -0.0409. The normalized spacial score (nSPS) is 14.2. The van der Waals surface area contributed by atoms with Gasteiger partial charge in [0.1, 0.15) is 23.0 Å². The minimum atomic E-state index is -0.592. The Labute approximate surface area is 161 Å². The lowest BCUT2D eigenvalue weighted by Crippen LogP contribution is -2.16. The number of carbonyl (C=O) groups excluding carboxylic acids is 1. The van der Waals surface area contributed by atoms with Crippen molar-refractivity contribution < 1.29 is 18.7 Å². The molecule has 3 rings (SSSR count). The summed E-state index contributed by atoms with van der Waals surface area (Å²) < 4.78 is 24.5. The van der Waals surface area contributed by atoms with Crippen LogP contribution in [0.15, 0.2) is 46.9 Å². The molecule has 0 bridgehead atoms. The molecule has 9 heteroatoms. The van der Waals surface area contributed by atoms with Crippen LogP contribution in [0, 0.1) is 5.82 Å². The van der Waals surface area contributed by atoms with Crippen molar-refractivity contribution in [2.24, 2.45) is 10.7 Å². The topological polar surface area (TPSA) is 112 Å². The van der Waals surface area contributed by atoms with Crippen LogP contribution in [0.1, 0.15) is 36.7 Å². The number of anilines is 1. The summed E-state index contributed by atoms with van der Waals surface area (Å²) in [7, 11) is 1.45. The molecule has 1 aromatic carbocycles. The largest absolute Gasteiger partial charge is 0.480 e. The third-order valence-electron chi connectivity index (χ3n) is 4.16. The first-order chi connectivity index (χ1) is 13.5. The molecule has 0 saturated carbocycles. The first-order valence-corrected chi connectivity index (χ1v) is 8.64. The molecule has 1 heterocycles. The Morgan fingerprint density at radius 3 is 2.75 bits per heavy atom. The summed E-state index contributed by atoms with van der Waals surface area (Å²) in [5.41, 5.74) is 7.27. The number of nitrogens with zero attached hydrogens (tertiary/aromatic N) is 3. The second kappa shape index (κ2) is 8.47. The predicted octanol–water partition coefficient (Wildman–Crippen LogP) is 3.30. The Morgan fingerprint density at radius 2 is 2.11 bits per heavy atom. The highest BCUT2D eigenvalue weighted by molar-refractivity contribution is 6.02. The van der Waals surface area contributed by atoms with Gasteiger partial charge in [0.2, 0.25) is 5.88 Å². The summed E-state index contributed by atoms with van der Waals surface area (Å²) in [6, 6.07) is 3.79. The molecule has 0 radical (unpaired) electrons. The van der Waals surface area contributed by atoms with Crippen LogP contribution in [-0.2, 0) is 4.74 Å². The molecule has 0 spiro atoms. The number of hydrogen-bond acceptors (Lipinski definition) is 6. The minimum Gasteiger partial charge on any atom is -0.480 e. The van der Waals surface area contributed by atoms with E-state index in [-0.39, 0.29) is 23.3 Å². The van der Waals surface area contributed by atoms with Gasteiger partial charge in [-0.05, 0) is 43.5 Å². The number of benzene rings is 1. The van der Waals surface area contributed by atoms with Crippen molar-refractivity contribution in [1.82, 2.24) is 9.97 Å². The second-order valence-electron chi connectivity index (χ2n) is 6.17. The molecule has 1 aliphatic rings. The number of amidine groups is 1. The second-order valence-corrected chi connectivity index (χ2v) is 6.17. The number of ether oxygens (including phenoxy) is 2. The number of allylic oxidation sites excluding steroid dienone is 2. The van der Waals surface area contributed by atoms with E-state index in [4.69, 9.17) is 15.2 Å². The van der Waals surface area contributed by atoms with E-state index < -0.39 is 11.7 Å². The average Bonchev–Trinajstić information content (AvgIpc) is 3.09. The van der Waals surface area contributed by atoms with E-state index in [1.54, 1.807) is 0 Å². The van der Waals surface area contributed by atoms with Crippen LogP contribution in [0.25, 0.3) is 0 Å². The summed E-state index contributed by atoms with van der Waals surface area (Å²) in [6.07, 6.45) is 5.34. The maximum absolute atomic E-state index is 14.1. The number of nitrogens with one attached hydrogen (secondary N) is 1. The Balaban J connectivity index is 1.74. The fourth-order valence-corrected chi connectivity index (χ4v) is 2.68. The molecule has 0 saturated heterocycles. The maximum atomic E-state index is 14.1. The highest BCUT2D eigenvalue weighted by Crippen LogP contribution is 2.27. The fourth-order valence-electron chi connectivity index (χ4n) is 2.68. The minimum absolute atomic E-state index is 0.0487. The molecule has 146 valence electrons. The fraction of sp³-hybridized carbons (Fsp3) is 0.263. The number of methoxy groups -OCH3 is 1. The zero-order chi connectivity index (χ0) is 20.1. The van der Waals surface area contributed by atoms with Crippen LogP contribution >= 0.6 is 0 Å². The zero-order valence-corrected chi connectivity index (χ0v) is 15.5. The van der Waals surface area contributed by atoms with Gasteiger partial charge in [-0.25, -0.2) is 14.4 Å². The van der Waals surface area contributed by atoms with Crippen LogP contribution in [0.3, 0.4) is 0 Å². The number of aromatic nitrogens is 2. The molecule has 3 N–H and O–H groups in total. The Hall–Kier alpha value is -3.49. The van der Waals surface area contributed by atoms with E-state index in [1.165, 1.54) is 37.7 Å². The molecule has 1 aromatic heterocycles. The number of amides is 1. The molecular formula is C19H20FN5O3. The summed E-state index contributed by atoms with van der Waals surface area (Å²) in [4.78, 5) is 24.1. The molecule has 8 nitrogen and oxygen atoms in total. The zero-order valence-electron chi connectivity index (χ0n) is 15.5. The Bertz CT molecular complexity index is 941. The molecular weight excluding hydrogens is 365 g/mol. The summed E-state index contributed by atoms with van der Waals surface area (Å²) >= 11 is 0. The maximum Gasteiger partial charge on any atom is 0.292 e. The summed E-state index contributed by atoms with van der Waals surface area (Å²) in [6.45, 7) is 1.97. The monoisotopic (exact) mass is 385 g/mol. The van der Waals surface area contributed by atoms with Gasteiger partial charge in [-0.1, -0.05) is 0 Å². The van der Waals surface area contributed by atoms with E-state index in [9.17, 15) is 9.18 Å². The number of aliphatic imine (C=N–C) groups is 1. The first-order valence-electron chi connectivity index (χ1n) is 8.64. The van der Waals surface area contributed by atoms with Crippen LogP contribution in [0.2, 0.25) is 0 Å². The van der Waals surface area contributed by atoms with Crippen molar-refractivity contribution in [3.63, 3.8) is 0 Å². The highest BCUT2D eigenvalue weighted by Gasteiger charge is 2.15. The van der Waals surface area contributed by atoms with Gasteiger partial charge in [0.05, 0.1) is 19.5 Å². The van der Waals surface area contributed by atoms with Gasteiger partial charge < -0.3 is 20.5 Å². The average molecular weight is 385 g/mol. The SMILES string of the molecule is COc1cnc(C(=O)Nc2ccc(F)c(/N=C(/N)OC3=C(C)CCC3)c2)cn1. The van der Waals surface area contributed by atoms with Gasteiger partial charge in [-0.15, -0.1) is 0 Å². The third-order valence-corrected chi connectivity index (χ3v) is 4.16. The quantitative estimate of drug-likeness (QED) is 0.603. The molecule has 28 heavy (non-hydrogen) atoms. The lowest BCUT2D eigenvalue weighted by atomic mass is 10.2. The van der Waals surface area contributed by atoms with Crippen molar-refractivity contribution in [3.8, 4) is 5.88 Å². The Kier molecular flexibility index (Phi) is 5.83. The number of rotatable bonds is 5. The van der Waals surface area contributed by atoms with Crippen molar-refractivity contribution in [2.45, 2.75) is 26.2 Å². The van der Waals surface area contributed by atoms with E-state index in [1.807, 2.05) is 6.92 Å². The molecule has 1 aliphatic carbocycles. The lowest BCUT2D eigenvalue weighted by molar-refractivity contribution is 0.102. The third kappa shape index (κ3) is 4.61. The Morgan fingerprint density at radius 1 is 1.29 bits per heavy atom. The van der Waals surface area contributed by atoms with Crippen molar-refractivity contribution in [1.29, 1.82) is 0 Å². The number of hydrogen-bond donors (Lipinski definition) is 2. The summed E-state index contributed by atoms with van der Waals surface area (Å²) in [5, 5.41) is 2.61. The highest BCUT2D eigenvalue weighted by atomic mass is 19.1. The predicted molar refractivity (Wildman–Crippen MR) is 102 cm³/mol. The number of halogens is 1. The van der Waals surface area contributed by atoms with Gasteiger partial charge >= 0.3 is 0 Å². The van der Waals surface area contributed by atoms with Crippen molar-refractivity contribution in [2.75, 3.05) is 12.4 Å². The molecule has 0 fully saturated rings. The van der Waals surface area contributed by atoms with E-state index in [0.29, 0.717) is 5.69 Å². The molecule has 0 atom stereocenters. The van der Waals surface area contributed by atoms with Crippen LogP contribution in [-0.4, -0.2) is 29.0 Å². The van der Waals surface area contributed by atoms with Crippen LogP contribution in [0.5, 0.6) is 5.88 Å². The van der Waals surface area contributed by atoms with E-state index in [0.717, 1.165) is 30.6 Å². The van der Waals surface area contributed by atoms with Crippen LogP contribution < -0.4 is 15.8 Å². The first kappa shape index (κ1) is 19.3. The van der Waals surface area contributed by atoms with Gasteiger partial charge in [-0.2, -0.15) is 4.99 Å². The van der Waals surface area contributed by atoms with Crippen molar-refractivity contribution in [3.05, 3.63) is 53.4 Å². The molecule has 1 amide bonds. The van der Waals surface area contributed by atoms with Gasteiger partial charge in [0, 0.05) is 12.1 Å². The van der Waals surface area contributed by atoms with Gasteiger partial charge in [0.25, 0.3) is 11.9 Å². The van der Waals surface area contributed by atoms with Gasteiger partial charge in [0.15, 0.2) is 0 Å². The van der Waals surface area contributed by atoms with E-state index >= 15 is 0 Å². The molecule has 2 aromatic rings. The molecule has 0 unspecified atom stereocenters. The lowest BCUT2D eigenvalue weighted by Gasteiger charge is -2.09. The van der Waals surface area contributed by atoms with Gasteiger partial charge in [-0.3, -0.25) is 4.79 Å². The number of carbonyl (C=O) groups is 1. The number of nitrogens with two attached hydrogens (primary N) is 1. The smallest absolute Gasteiger partial charge is 0.292 e. The molecule has 0 aliphatic heterocycles. The van der Waals surface area contributed by atoms with Crippen LogP contribution in [0.4, 0.5) is 15.8 Å².